The molecule has 2 nitrogen and oxygen atoms in total. The highest BCUT2D eigenvalue weighted by Gasteiger charge is 1.86. The summed E-state index contributed by atoms with van der Waals surface area (Å²) < 4.78 is 0. The molecule has 12 heavy (non-hydrogen) atoms. The molecule has 2 aromatic rings. The van der Waals surface area contributed by atoms with Crippen LogP contribution in [0.5, 0.6) is 0 Å². The van der Waals surface area contributed by atoms with Crippen LogP contribution in [0.3, 0.4) is 0 Å². The fourth-order valence-corrected chi connectivity index (χ4v) is 0.995. The summed E-state index contributed by atoms with van der Waals surface area (Å²) in [5.41, 5.74) is 1.21. The zero-order valence-electron chi connectivity index (χ0n) is 6.58. The lowest BCUT2D eigenvalue weighted by molar-refractivity contribution is 0.569. The van der Waals surface area contributed by atoms with Gasteiger partial charge in [-0.1, -0.05) is 18.2 Å². The molecular formula is C10H9NO. The van der Waals surface area contributed by atoms with Crippen LogP contribution in [0.4, 0.5) is 0 Å². The Morgan fingerprint density at radius 2 is 1.92 bits per heavy atom. The van der Waals surface area contributed by atoms with Gasteiger partial charge < -0.3 is 4.98 Å². The van der Waals surface area contributed by atoms with Crippen molar-refractivity contribution in [3.05, 3.63) is 43.1 Å². The number of para-hydroxylation sites is 1. The number of carbonyl (C=O) groups excluding carboxylic acids is 1. The lowest BCUT2D eigenvalue weighted by atomic mass is 10.3. The van der Waals surface area contributed by atoms with Crippen LogP contribution in [-0.2, 0) is 4.79 Å². The summed E-state index contributed by atoms with van der Waals surface area (Å²) in [7, 11) is 0. The Bertz CT molecular complexity index is 353. The van der Waals surface area contributed by atoms with Gasteiger partial charge in [0.15, 0.2) is 0 Å². The molecule has 2 heteroatoms. The van der Waals surface area contributed by atoms with Crippen molar-refractivity contribution >= 4 is 16.8 Å². The molecule has 1 aromatic heterocycles. The van der Waals surface area contributed by atoms with E-state index in [4.69, 9.17) is 4.79 Å². The molecule has 60 valence electrons. The quantitative estimate of drug-likeness (QED) is 0.587. The minimum atomic E-state index is 1.21. The summed E-state index contributed by atoms with van der Waals surface area (Å²) >= 11 is 0. The Kier molecular flexibility index (Phi) is 2.88. The molecule has 1 heterocycles. The third kappa shape index (κ3) is 1.84. The van der Waals surface area contributed by atoms with E-state index in [2.05, 4.69) is 29.8 Å². The zero-order chi connectivity index (χ0) is 8.81. The van der Waals surface area contributed by atoms with Gasteiger partial charge in [0.1, 0.15) is 5.94 Å². The van der Waals surface area contributed by atoms with Crippen LogP contribution in [0.1, 0.15) is 0 Å². The Balaban J connectivity index is 0.000000213. The molecule has 0 spiro atoms. The van der Waals surface area contributed by atoms with Gasteiger partial charge in [0, 0.05) is 11.7 Å². The highest BCUT2D eigenvalue weighted by Crippen LogP contribution is 2.09. The molecule has 0 aliphatic heterocycles. The predicted molar refractivity (Wildman–Crippen MR) is 49.6 cm³/mol. The molecule has 1 aromatic carbocycles. The van der Waals surface area contributed by atoms with Crippen LogP contribution < -0.4 is 0 Å². The number of H-pyrrole nitrogens is 1. The van der Waals surface area contributed by atoms with E-state index in [1.165, 1.54) is 16.8 Å². The maximum Gasteiger partial charge on any atom is 0.116 e. The normalized spacial score (nSPS) is 8.33. The smallest absolute Gasteiger partial charge is 0.116 e. The fourth-order valence-electron chi connectivity index (χ4n) is 0.995. The molecule has 0 unspecified atom stereocenters. The van der Waals surface area contributed by atoms with Crippen LogP contribution in [0.15, 0.2) is 43.1 Å². The van der Waals surface area contributed by atoms with E-state index in [9.17, 15) is 0 Å². The SMILES string of the molecule is C=C=O.c1ccc2[nH]ccc2c1. The Hall–Kier alpha value is -1.79. The van der Waals surface area contributed by atoms with Gasteiger partial charge in [-0.2, -0.15) is 0 Å². The topological polar surface area (TPSA) is 32.9 Å². The van der Waals surface area contributed by atoms with E-state index in [-0.39, 0.29) is 0 Å². The van der Waals surface area contributed by atoms with Crippen LogP contribution in [-0.4, -0.2) is 10.9 Å². The first kappa shape index (κ1) is 8.31. The number of benzene rings is 1. The van der Waals surface area contributed by atoms with E-state index >= 15 is 0 Å². The van der Waals surface area contributed by atoms with Crippen molar-refractivity contribution in [1.29, 1.82) is 0 Å². The first-order chi connectivity index (χ1) is 5.88. The molecule has 1 N–H and O–H groups in total. The first-order valence-corrected chi connectivity index (χ1v) is 3.55. The van der Waals surface area contributed by atoms with Crippen molar-refractivity contribution in [1.82, 2.24) is 4.98 Å². The number of fused-ring (bicyclic) bond motifs is 1. The number of rotatable bonds is 0. The van der Waals surface area contributed by atoms with Gasteiger partial charge in [-0.15, -0.1) is 0 Å². The van der Waals surface area contributed by atoms with Crippen molar-refractivity contribution in [3.8, 4) is 0 Å². The predicted octanol–water partition coefficient (Wildman–Crippen LogP) is 2.17. The second-order valence-electron chi connectivity index (χ2n) is 2.21. The van der Waals surface area contributed by atoms with Crippen molar-refractivity contribution in [2.75, 3.05) is 0 Å². The zero-order valence-corrected chi connectivity index (χ0v) is 6.58. The third-order valence-corrected chi connectivity index (χ3v) is 1.46. The largest absolute Gasteiger partial charge is 0.361 e. The fraction of sp³-hybridized carbons (Fsp3) is 0. The van der Waals surface area contributed by atoms with E-state index in [0.717, 1.165) is 0 Å². The van der Waals surface area contributed by atoms with Gasteiger partial charge >= 0.3 is 0 Å². The molecule has 0 atom stereocenters. The molecule has 0 bridgehead atoms. The number of aromatic amines is 1. The second-order valence-corrected chi connectivity index (χ2v) is 2.21. The third-order valence-electron chi connectivity index (χ3n) is 1.46. The maximum atomic E-state index is 8.57. The summed E-state index contributed by atoms with van der Waals surface area (Å²) in [4.78, 5) is 11.7. The van der Waals surface area contributed by atoms with E-state index in [0.29, 0.717) is 0 Å². The molecular weight excluding hydrogens is 150 g/mol. The maximum absolute atomic E-state index is 8.57. The van der Waals surface area contributed by atoms with Gasteiger partial charge in [-0.3, -0.25) is 0 Å². The molecule has 2 rings (SSSR count). The Morgan fingerprint density at radius 1 is 1.25 bits per heavy atom. The molecule has 0 saturated carbocycles. The first-order valence-electron chi connectivity index (χ1n) is 3.55. The molecule has 0 saturated heterocycles. The van der Waals surface area contributed by atoms with Crippen LogP contribution in [0.25, 0.3) is 10.9 Å². The Morgan fingerprint density at radius 3 is 2.58 bits per heavy atom. The standard InChI is InChI=1S/C8H7N.C2H2O/c1-2-4-8-7(3-1)5-6-9-8;1-2-3/h1-6,9H;1H2. The Labute approximate surface area is 70.5 Å². The molecule has 0 aliphatic carbocycles. The number of nitrogens with one attached hydrogen (secondary N) is 1. The van der Waals surface area contributed by atoms with Gasteiger partial charge in [0.25, 0.3) is 0 Å². The average molecular weight is 159 g/mol. The number of hydrogen-bond acceptors (Lipinski definition) is 1. The van der Waals surface area contributed by atoms with Gasteiger partial charge in [0.05, 0.1) is 0 Å². The summed E-state index contributed by atoms with van der Waals surface area (Å²) in [6, 6.07) is 10.3. The van der Waals surface area contributed by atoms with Gasteiger partial charge in [-0.25, -0.2) is 4.79 Å². The second kappa shape index (κ2) is 4.16. The summed E-state index contributed by atoms with van der Waals surface area (Å²) in [6.45, 7) is 2.68. The van der Waals surface area contributed by atoms with Crippen LogP contribution >= 0.6 is 0 Å². The highest BCUT2D eigenvalue weighted by atomic mass is 16.1. The van der Waals surface area contributed by atoms with Crippen molar-refractivity contribution in [2.24, 2.45) is 0 Å². The average Bonchev–Trinajstić information content (AvgIpc) is 2.52. The van der Waals surface area contributed by atoms with E-state index in [1.807, 2.05) is 18.3 Å². The number of hydrogen-bond donors (Lipinski definition) is 1. The monoisotopic (exact) mass is 159 g/mol. The summed E-state index contributed by atoms with van der Waals surface area (Å²) in [6.07, 6.45) is 1.95. The molecule has 0 amide bonds. The molecule has 0 fully saturated rings. The highest BCUT2D eigenvalue weighted by molar-refractivity contribution is 5.78. The molecule has 0 radical (unpaired) electrons. The van der Waals surface area contributed by atoms with E-state index < -0.39 is 0 Å². The minimum absolute atomic E-state index is 1.21. The van der Waals surface area contributed by atoms with Crippen molar-refractivity contribution in [3.63, 3.8) is 0 Å². The number of aromatic nitrogens is 1. The lowest BCUT2D eigenvalue weighted by Crippen LogP contribution is -1.61. The van der Waals surface area contributed by atoms with Crippen molar-refractivity contribution in [2.45, 2.75) is 0 Å². The lowest BCUT2D eigenvalue weighted by Gasteiger charge is -1.83. The minimum Gasteiger partial charge on any atom is -0.361 e. The van der Waals surface area contributed by atoms with Gasteiger partial charge in [0.2, 0.25) is 0 Å². The van der Waals surface area contributed by atoms with Gasteiger partial charge in [-0.05, 0) is 24.1 Å². The summed E-state index contributed by atoms with van der Waals surface area (Å²) in [5, 5.41) is 1.28. The van der Waals surface area contributed by atoms with Crippen molar-refractivity contribution < 1.29 is 4.79 Å². The van der Waals surface area contributed by atoms with Crippen LogP contribution in [0.2, 0.25) is 0 Å². The van der Waals surface area contributed by atoms with E-state index in [1.54, 1.807) is 0 Å². The van der Waals surface area contributed by atoms with Crippen LogP contribution in [0, 0.1) is 0 Å². The molecule has 0 aliphatic rings. The summed E-state index contributed by atoms with van der Waals surface area (Å²) in [5.74, 6) is 1.25.